The molecule has 6 nitrogen and oxygen atoms in total. The van der Waals surface area contributed by atoms with E-state index in [0.29, 0.717) is 11.1 Å². The number of hydrogen-bond donors (Lipinski definition) is 2. The van der Waals surface area contributed by atoms with Crippen LogP contribution >= 0.6 is 0 Å². The van der Waals surface area contributed by atoms with Gasteiger partial charge >= 0.3 is 0 Å². The lowest BCUT2D eigenvalue weighted by Gasteiger charge is -2.14. The Morgan fingerprint density at radius 1 is 1.23 bits per heavy atom. The molecule has 0 amide bonds. The third-order valence-corrected chi connectivity index (χ3v) is 4.06. The molecule has 1 aromatic carbocycles. The first-order valence-electron chi connectivity index (χ1n) is 6.55. The molecule has 0 radical (unpaired) electrons. The summed E-state index contributed by atoms with van der Waals surface area (Å²) in [5.74, 6) is 5.34. The smallest absolute Gasteiger partial charge is 0.204 e. The molecule has 0 spiro atoms. The van der Waals surface area contributed by atoms with Gasteiger partial charge < -0.3 is 9.66 Å². The molecule has 0 aliphatic carbocycles. The molecule has 7 heteroatoms. The first kappa shape index (κ1) is 18.1. The molecule has 0 aliphatic rings. The van der Waals surface area contributed by atoms with Gasteiger partial charge in [-0.05, 0) is 38.0 Å². The molecule has 120 valence electrons. The first-order valence-corrected chi connectivity index (χ1v) is 7.96. The van der Waals surface area contributed by atoms with Crippen molar-refractivity contribution in [2.24, 2.45) is 0 Å². The summed E-state index contributed by atoms with van der Waals surface area (Å²) in [6, 6.07) is 6.98. The Kier molecular flexibility index (Phi) is 6.04. The molecule has 0 unspecified atom stereocenters. The molecule has 22 heavy (non-hydrogen) atoms. The molecule has 0 fully saturated rings. The van der Waals surface area contributed by atoms with Crippen LogP contribution in [0.3, 0.4) is 0 Å². The number of benzene rings is 1. The molecule has 1 heterocycles. The Labute approximate surface area is 130 Å². The van der Waals surface area contributed by atoms with Gasteiger partial charge in [-0.15, -0.1) is 0 Å². The number of nitrogen functional groups attached to an aromatic ring is 1. The Bertz CT molecular complexity index is 735. The van der Waals surface area contributed by atoms with Gasteiger partial charge in [0.25, 0.3) is 0 Å². The lowest BCUT2D eigenvalue weighted by atomic mass is 10.1. The van der Waals surface area contributed by atoms with Crippen LogP contribution in [-0.4, -0.2) is 18.1 Å². The number of nitrogens with two attached hydrogens (primary N) is 1. The second kappa shape index (κ2) is 7.35. The molecule has 0 atom stereocenters. The van der Waals surface area contributed by atoms with Crippen LogP contribution in [0.4, 0.5) is 0 Å². The monoisotopic (exact) mass is 324 g/mol. The van der Waals surface area contributed by atoms with Crippen LogP contribution in [0.15, 0.2) is 41.6 Å². The maximum absolute atomic E-state index is 10.8. The molecule has 0 aliphatic heterocycles. The van der Waals surface area contributed by atoms with E-state index < -0.39 is 10.1 Å². The van der Waals surface area contributed by atoms with E-state index in [1.54, 1.807) is 44.4 Å². The number of aliphatic hydroxyl groups is 1. The normalized spacial score (nSPS) is 10.8. The van der Waals surface area contributed by atoms with Gasteiger partial charge in [-0.3, -0.25) is 0 Å². The van der Waals surface area contributed by atoms with E-state index >= 15 is 0 Å². The fraction of sp³-hybridized carbons (Fsp3) is 0.267. The summed E-state index contributed by atoms with van der Waals surface area (Å²) in [6.45, 7) is 5.16. The lowest BCUT2D eigenvalue weighted by molar-refractivity contribution is -0.639. The van der Waals surface area contributed by atoms with E-state index in [0.717, 1.165) is 11.1 Å². The summed E-state index contributed by atoms with van der Waals surface area (Å²) in [5, 5.41) is 8.59. The third-order valence-electron chi connectivity index (χ3n) is 2.92. The number of rotatable bonds is 2. The van der Waals surface area contributed by atoms with Gasteiger partial charge in [0, 0.05) is 11.6 Å². The molecule has 2 aromatic rings. The minimum atomic E-state index is -4.33. The van der Waals surface area contributed by atoms with Crippen molar-refractivity contribution in [3.8, 4) is 0 Å². The van der Waals surface area contributed by atoms with Crippen molar-refractivity contribution in [2.75, 3.05) is 5.84 Å². The number of pyridine rings is 1. The van der Waals surface area contributed by atoms with E-state index in [4.69, 9.17) is 10.9 Å². The zero-order chi connectivity index (χ0) is 16.9. The Hall–Kier alpha value is -1.96. The van der Waals surface area contributed by atoms with Gasteiger partial charge in [-0.2, -0.15) is 0 Å². The van der Waals surface area contributed by atoms with E-state index in [-0.39, 0.29) is 11.5 Å². The van der Waals surface area contributed by atoms with E-state index in [1.165, 1.54) is 4.68 Å². The molecule has 2 rings (SSSR count). The van der Waals surface area contributed by atoms with E-state index in [2.05, 4.69) is 0 Å². The molecule has 0 saturated heterocycles. The number of nitrogens with zero attached hydrogens (tertiary/aromatic N) is 1. The molecular weight excluding hydrogens is 304 g/mol. The van der Waals surface area contributed by atoms with Crippen LogP contribution in [0, 0.1) is 20.8 Å². The van der Waals surface area contributed by atoms with Crippen molar-refractivity contribution in [2.45, 2.75) is 32.3 Å². The highest BCUT2D eigenvalue weighted by Gasteiger charge is 2.09. The van der Waals surface area contributed by atoms with Gasteiger partial charge in [-0.1, -0.05) is 22.4 Å². The Morgan fingerprint density at radius 3 is 2.14 bits per heavy atom. The lowest BCUT2D eigenvalue weighted by Crippen LogP contribution is -2.43. The number of aromatic nitrogens is 1. The van der Waals surface area contributed by atoms with Crippen LogP contribution in [0.1, 0.15) is 22.3 Å². The predicted molar refractivity (Wildman–Crippen MR) is 81.3 cm³/mol. The van der Waals surface area contributed by atoms with E-state index in [1.807, 2.05) is 13.0 Å². The summed E-state index contributed by atoms with van der Waals surface area (Å²) < 4.78 is 33.9. The third kappa shape index (κ3) is 5.10. The van der Waals surface area contributed by atoms with Crippen LogP contribution in [0.2, 0.25) is 0 Å². The summed E-state index contributed by atoms with van der Waals surface area (Å²) in [6.07, 6.45) is 3.37. The maximum Gasteiger partial charge on any atom is 0.204 e. The predicted octanol–water partition coefficient (Wildman–Crippen LogP) is 0.696. The minimum Gasteiger partial charge on any atom is -0.744 e. The van der Waals surface area contributed by atoms with Crippen molar-refractivity contribution < 1.29 is 22.8 Å². The van der Waals surface area contributed by atoms with Gasteiger partial charge in [0.2, 0.25) is 6.20 Å². The zero-order valence-corrected chi connectivity index (χ0v) is 13.6. The fourth-order valence-corrected chi connectivity index (χ4v) is 3.10. The standard InChI is InChI=1S/C9H12O3S.C6H9N2O/c1-6-4-7(2)9(8(3)5-6)13(10,11)12;7-8-3-1-2-6(4-8)5-9/h4-5H,1-3H3,(H,10,11,12);1-4,9H,5,7H2/q;+1/p-1. The van der Waals surface area contributed by atoms with Crippen molar-refractivity contribution >= 4 is 10.1 Å². The summed E-state index contributed by atoms with van der Waals surface area (Å²) >= 11 is 0. The fourth-order valence-electron chi connectivity index (χ4n) is 2.20. The molecule has 1 aromatic heterocycles. The second-order valence-electron chi connectivity index (χ2n) is 5.00. The van der Waals surface area contributed by atoms with Crippen LogP contribution in [-0.2, 0) is 16.7 Å². The minimum absolute atomic E-state index is 0.0397. The number of hydrogen-bond acceptors (Lipinski definition) is 5. The number of aryl methyl sites for hydroxylation is 3. The maximum atomic E-state index is 10.8. The summed E-state index contributed by atoms with van der Waals surface area (Å²) in [7, 11) is -4.33. The molecule has 0 saturated carbocycles. The highest BCUT2D eigenvalue weighted by molar-refractivity contribution is 7.85. The zero-order valence-electron chi connectivity index (χ0n) is 12.8. The SMILES string of the molecule is Cc1cc(C)c(S(=O)(=O)[O-])c(C)c1.N[n+]1cccc(CO)c1. The summed E-state index contributed by atoms with van der Waals surface area (Å²) in [4.78, 5) is -0.0851. The first-order chi connectivity index (χ1) is 10.1. The summed E-state index contributed by atoms with van der Waals surface area (Å²) in [5.41, 5.74) is 2.82. The van der Waals surface area contributed by atoms with E-state index in [9.17, 15) is 13.0 Å². The average Bonchev–Trinajstić information content (AvgIpc) is 2.36. The van der Waals surface area contributed by atoms with Gasteiger partial charge in [0.15, 0.2) is 6.20 Å². The van der Waals surface area contributed by atoms with Gasteiger partial charge in [0.05, 0.1) is 11.5 Å². The van der Waals surface area contributed by atoms with Crippen LogP contribution in [0.5, 0.6) is 0 Å². The average molecular weight is 324 g/mol. The number of aliphatic hydroxyl groups excluding tert-OH is 1. The van der Waals surface area contributed by atoms with Gasteiger partial charge in [0.1, 0.15) is 10.1 Å². The second-order valence-corrected chi connectivity index (χ2v) is 6.32. The van der Waals surface area contributed by atoms with Crippen LogP contribution in [0.25, 0.3) is 0 Å². The van der Waals surface area contributed by atoms with Crippen LogP contribution < -0.4 is 10.5 Å². The molecule has 0 bridgehead atoms. The van der Waals surface area contributed by atoms with Crippen molar-refractivity contribution in [1.29, 1.82) is 0 Å². The Morgan fingerprint density at radius 2 is 1.77 bits per heavy atom. The van der Waals surface area contributed by atoms with Gasteiger partial charge in [-0.25, -0.2) is 14.3 Å². The molecular formula is C15H20N2O4S. The largest absolute Gasteiger partial charge is 0.744 e. The molecule has 3 N–H and O–H groups in total. The highest BCUT2D eigenvalue weighted by atomic mass is 32.2. The topological polar surface area (TPSA) is 107 Å². The quantitative estimate of drug-likeness (QED) is 0.480. The Balaban J connectivity index is 0.000000235. The van der Waals surface area contributed by atoms with Crippen molar-refractivity contribution in [3.05, 3.63) is 58.9 Å². The van der Waals surface area contributed by atoms with Crippen molar-refractivity contribution in [3.63, 3.8) is 0 Å². The van der Waals surface area contributed by atoms with Crippen molar-refractivity contribution in [1.82, 2.24) is 0 Å². The highest BCUT2D eigenvalue weighted by Crippen LogP contribution is 2.20.